The molecule has 0 bridgehead atoms. The summed E-state index contributed by atoms with van der Waals surface area (Å²) < 4.78 is 5.42. The molecule has 0 heterocycles. The van der Waals surface area contributed by atoms with Crippen LogP contribution < -0.4 is 0 Å². The molecule has 72 valence electrons. The maximum absolute atomic E-state index is 6.63. The number of hydrogen-bond acceptors (Lipinski definition) is 1. The number of hydrogen-bond donors (Lipinski definition) is 0. The van der Waals surface area contributed by atoms with E-state index in [2.05, 4.69) is 4.85 Å². The molecule has 0 spiro atoms. The first kappa shape index (κ1) is 10.5. The fourth-order valence-electron chi connectivity index (χ4n) is 1.05. The monoisotopic (exact) mass is 187 g/mol. The summed E-state index contributed by atoms with van der Waals surface area (Å²) >= 11 is 0. The molecule has 0 radical (unpaired) electrons. The van der Waals surface area contributed by atoms with E-state index >= 15 is 0 Å². The van der Waals surface area contributed by atoms with Crippen molar-refractivity contribution in [3.05, 3.63) is 59.1 Å². The van der Waals surface area contributed by atoms with Crippen molar-refractivity contribution >= 4 is 0 Å². The van der Waals surface area contributed by atoms with E-state index in [9.17, 15) is 0 Å². The fraction of sp³-hybridized carbons (Fsp3) is 0.250. The molecule has 0 N–H and O–H groups in total. The molecule has 2 nitrogen and oxygen atoms in total. The van der Waals surface area contributed by atoms with Crippen LogP contribution in [0.2, 0.25) is 0 Å². The minimum atomic E-state index is 0.525. The Balaban J connectivity index is 2.30. The van der Waals surface area contributed by atoms with Gasteiger partial charge in [0.1, 0.15) is 0 Å². The SMILES string of the molecule is [C-]#[N+]/C=C(/C)COCc1ccccc1. The van der Waals surface area contributed by atoms with E-state index in [1.54, 1.807) is 0 Å². The topological polar surface area (TPSA) is 13.6 Å². The second-order valence-electron chi connectivity index (χ2n) is 3.08. The number of ether oxygens (including phenoxy) is 1. The first-order chi connectivity index (χ1) is 6.83. The van der Waals surface area contributed by atoms with Gasteiger partial charge in [-0.2, -0.15) is 0 Å². The first-order valence-corrected chi connectivity index (χ1v) is 4.47. The van der Waals surface area contributed by atoms with Crippen LogP contribution in [0.25, 0.3) is 4.85 Å². The summed E-state index contributed by atoms with van der Waals surface area (Å²) in [6, 6.07) is 10.00. The van der Waals surface area contributed by atoms with Gasteiger partial charge in [0, 0.05) is 0 Å². The van der Waals surface area contributed by atoms with Crippen LogP contribution >= 0.6 is 0 Å². The second-order valence-corrected chi connectivity index (χ2v) is 3.08. The Morgan fingerprint density at radius 1 is 1.43 bits per heavy atom. The van der Waals surface area contributed by atoms with Crippen molar-refractivity contribution in [3.8, 4) is 0 Å². The van der Waals surface area contributed by atoms with E-state index < -0.39 is 0 Å². The molecule has 0 fully saturated rings. The maximum Gasteiger partial charge on any atom is 0.155 e. The summed E-state index contributed by atoms with van der Waals surface area (Å²) in [5, 5.41) is 0. The lowest BCUT2D eigenvalue weighted by Gasteiger charge is -2.03. The Kier molecular flexibility index (Phi) is 4.46. The third-order valence-electron chi connectivity index (χ3n) is 1.73. The van der Waals surface area contributed by atoms with Crippen molar-refractivity contribution in [3.63, 3.8) is 0 Å². The van der Waals surface area contributed by atoms with E-state index in [1.165, 1.54) is 6.20 Å². The van der Waals surface area contributed by atoms with Gasteiger partial charge in [0.25, 0.3) is 0 Å². The molecule has 0 aliphatic rings. The quantitative estimate of drug-likeness (QED) is 0.660. The van der Waals surface area contributed by atoms with Crippen molar-refractivity contribution in [1.82, 2.24) is 0 Å². The lowest BCUT2D eigenvalue weighted by molar-refractivity contribution is 0.142. The zero-order valence-corrected chi connectivity index (χ0v) is 8.23. The summed E-state index contributed by atoms with van der Waals surface area (Å²) in [6.45, 7) is 9.64. The van der Waals surface area contributed by atoms with Gasteiger partial charge < -0.3 is 4.74 Å². The highest BCUT2D eigenvalue weighted by Crippen LogP contribution is 2.02. The van der Waals surface area contributed by atoms with Crippen LogP contribution in [-0.2, 0) is 11.3 Å². The average molecular weight is 187 g/mol. The minimum Gasteiger partial charge on any atom is -0.374 e. The Morgan fingerprint density at radius 3 is 2.79 bits per heavy atom. The summed E-state index contributed by atoms with van der Waals surface area (Å²) in [4.78, 5) is 3.17. The largest absolute Gasteiger partial charge is 0.374 e. The van der Waals surface area contributed by atoms with Crippen LogP contribution in [-0.4, -0.2) is 6.61 Å². The van der Waals surface area contributed by atoms with E-state index in [0.717, 1.165) is 11.1 Å². The van der Waals surface area contributed by atoms with Gasteiger partial charge in [-0.1, -0.05) is 37.3 Å². The molecular formula is C12H13NO. The van der Waals surface area contributed by atoms with Crippen LogP contribution in [0.4, 0.5) is 0 Å². The highest BCUT2D eigenvalue weighted by atomic mass is 16.5. The summed E-state index contributed by atoms with van der Waals surface area (Å²) in [6.07, 6.45) is 1.49. The molecule has 0 aliphatic heterocycles. The number of benzene rings is 1. The molecule has 0 aromatic heterocycles. The zero-order chi connectivity index (χ0) is 10.2. The van der Waals surface area contributed by atoms with Gasteiger partial charge in [0.15, 0.2) is 6.20 Å². The van der Waals surface area contributed by atoms with Gasteiger partial charge in [-0.25, -0.2) is 4.85 Å². The Morgan fingerprint density at radius 2 is 2.14 bits per heavy atom. The molecule has 0 amide bonds. The highest BCUT2D eigenvalue weighted by molar-refractivity contribution is 5.13. The number of nitrogens with zero attached hydrogens (tertiary/aromatic N) is 1. The molecule has 14 heavy (non-hydrogen) atoms. The standard InChI is InChI=1S/C12H13NO/c1-11(8-13-2)9-14-10-12-6-4-3-5-7-12/h3-8H,9-10H2,1H3/b11-8-. The Bertz CT molecular complexity index is 335. The molecular weight excluding hydrogens is 174 g/mol. The van der Waals surface area contributed by atoms with Crippen LogP contribution in [0.1, 0.15) is 12.5 Å². The predicted molar refractivity (Wildman–Crippen MR) is 56.5 cm³/mol. The molecule has 0 aliphatic carbocycles. The summed E-state index contributed by atoms with van der Waals surface area (Å²) in [5.74, 6) is 0. The van der Waals surface area contributed by atoms with Crippen LogP contribution in [0.3, 0.4) is 0 Å². The van der Waals surface area contributed by atoms with E-state index in [4.69, 9.17) is 11.3 Å². The third-order valence-corrected chi connectivity index (χ3v) is 1.73. The van der Waals surface area contributed by atoms with Gasteiger partial charge in [-0.15, -0.1) is 0 Å². The molecule has 1 rings (SSSR count). The Labute approximate surface area is 84.6 Å². The van der Waals surface area contributed by atoms with E-state index in [0.29, 0.717) is 13.2 Å². The molecule has 1 aromatic rings. The fourth-order valence-corrected chi connectivity index (χ4v) is 1.05. The van der Waals surface area contributed by atoms with Gasteiger partial charge >= 0.3 is 0 Å². The summed E-state index contributed by atoms with van der Waals surface area (Å²) in [5.41, 5.74) is 2.11. The van der Waals surface area contributed by atoms with E-state index in [-0.39, 0.29) is 0 Å². The van der Waals surface area contributed by atoms with Crippen molar-refractivity contribution in [2.75, 3.05) is 6.61 Å². The first-order valence-electron chi connectivity index (χ1n) is 4.47. The Hall–Kier alpha value is -1.59. The molecule has 0 saturated heterocycles. The van der Waals surface area contributed by atoms with Gasteiger partial charge in [0.05, 0.1) is 19.8 Å². The molecule has 0 atom stereocenters. The highest BCUT2D eigenvalue weighted by Gasteiger charge is 1.92. The lowest BCUT2D eigenvalue weighted by Crippen LogP contribution is -1.95. The van der Waals surface area contributed by atoms with Crippen molar-refractivity contribution in [2.45, 2.75) is 13.5 Å². The maximum atomic E-state index is 6.63. The van der Waals surface area contributed by atoms with Crippen molar-refractivity contribution < 1.29 is 4.74 Å². The third kappa shape index (κ3) is 3.88. The smallest absolute Gasteiger partial charge is 0.155 e. The predicted octanol–water partition coefficient (Wildman–Crippen LogP) is 3.03. The van der Waals surface area contributed by atoms with Gasteiger partial charge in [0.2, 0.25) is 0 Å². The van der Waals surface area contributed by atoms with Gasteiger partial charge in [-0.3, -0.25) is 0 Å². The van der Waals surface area contributed by atoms with Crippen LogP contribution in [0.5, 0.6) is 0 Å². The van der Waals surface area contributed by atoms with Crippen LogP contribution in [0.15, 0.2) is 42.1 Å². The molecule has 0 saturated carbocycles. The molecule has 2 heteroatoms. The second kappa shape index (κ2) is 5.95. The van der Waals surface area contributed by atoms with E-state index in [1.807, 2.05) is 37.3 Å². The number of rotatable bonds is 4. The van der Waals surface area contributed by atoms with Crippen LogP contribution in [0, 0.1) is 6.57 Å². The molecule has 0 unspecified atom stereocenters. The minimum absolute atomic E-state index is 0.525. The van der Waals surface area contributed by atoms with Gasteiger partial charge in [-0.05, 0) is 11.1 Å². The summed E-state index contributed by atoms with van der Waals surface area (Å²) in [7, 11) is 0. The van der Waals surface area contributed by atoms with Crippen molar-refractivity contribution in [1.29, 1.82) is 0 Å². The average Bonchev–Trinajstić information content (AvgIpc) is 2.20. The lowest BCUT2D eigenvalue weighted by atomic mass is 10.2. The molecule has 1 aromatic carbocycles. The normalized spacial score (nSPS) is 11.0. The zero-order valence-electron chi connectivity index (χ0n) is 8.23. The van der Waals surface area contributed by atoms with Crippen molar-refractivity contribution in [2.24, 2.45) is 0 Å².